The van der Waals surface area contributed by atoms with E-state index in [-0.39, 0.29) is 56.1 Å². The Morgan fingerprint density at radius 1 is 1.03 bits per heavy atom. The van der Waals surface area contributed by atoms with Gasteiger partial charge in [-0.1, -0.05) is 29.8 Å². The Hall–Kier alpha value is -4.18. The quantitative estimate of drug-likeness (QED) is 0.496. The number of hydrogen-bond acceptors (Lipinski definition) is 7. The lowest BCUT2D eigenvalue weighted by Crippen LogP contribution is -2.43. The van der Waals surface area contributed by atoms with E-state index >= 15 is 0 Å². The zero-order chi connectivity index (χ0) is 25.3. The fourth-order valence-corrected chi connectivity index (χ4v) is 3.71. The highest BCUT2D eigenvalue weighted by Gasteiger charge is 2.21. The van der Waals surface area contributed by atoms with Crippen LogP contribution in [0.4, 0.5) is 11.6 Å². The number of carbonyl (C=O) groups excluding carboxylic acids is 3. The summed E-state index contributed by atoms with van der Waals surface area (Å²) < 4.78 is 5.67. The van der Waals surface area contributed by atoms with Gasteiger partial charge in [-0.15, -0.1) is 0 Å². The van der Waals surface area contributed by atoms with Gasteiger partial charge in [-0.2, -0.15) is 0 Å². The first-order chi connectivity index (χ1) is 17.5. The number of aromatic nitrogens is 2. The van der Waals surface area contributed by atoms with Crippen molar-refractivity contribution in [3.63, 3.8) is 0 Å². The minimum absolute atomic E-state index is 0.144. The Balaban J connectivity index is 1.43. The molecular formula is C25H25ClN6O4. The molecule has 0 bridgehead atoms. The Labute approximate surface area is 213 Å². The van der Waals surface area contributed by atoms with E-state index in [0.29, 0.717) is 28.7 Å². The number of benzene rings is 2. The lowest BCUT2D eigenvalue weighted by molar-refractivity contribution is -0.121. The van der Waals surface area contributed by atoms with Crippen LogP contribution in [0.1, 0.15) is 27.1 Å². The molecule has 4 rings (SSSR count). The number of hydrogen-bond donors (Lipinski definition) is 3. The third-order valence-electron chi connectivity index (χ3n) is 5.31. The topological polar surface area (TPSA) is 126 Å². The van der Waals surface area contributed by atoms with Gasteiger partial charge in [0, 0.05) is 36.2 Å². The molecule has 1 aromatic heterocycles. The Morgan fingerprint density at radius 3 is 2.58 bits per heavy atom. The predicted molar refractivity (Wildman–Crippen MR) is 135 cm³/mol. The maximum atomic E-state index is 13.1. The summed E-state index contributed by atoms with van der Waals surface area (Å²) in [4.78, 5) is 48.1. The molecule has 0 radical (unpaired) electrons. The fourth-order valence-electron chi connectivity index (χ4n) is 3.54. The zero-order valence-corrected chi connectivity index (χ0v) is 20.1. The van der Waals surface area contributed by atoms with Crippen LogP contribution in [0.15, 0.2) is 60.9 Å². The lowest BCUT2D eigenvalue weighted by atomic mass is 10.2. The normalized spacial score (nSPS) is 15.0. The SMILES string of the molecule is O=C1CN(C(=O)c2cnc(Nc3ccccc3)nc2)CCCNC(=O)c2cc(Cl)ccc2OCCN1. The summed E-state index contributed by atoms with van der Waals surface area (Å²) in [6, 6.07) is 14.2. The molecule has 0 spiro atoms. The van der Waals surface area contributed by atoms with E-state index in [1.165, 1.54) is 23.4 Å². The number of fused-ring (bicyclic) bond motifs is 1. The molecule has 1 aliphatic heterocycles. The van der Waals surface area contributed by atoms with Gasteiger partial charge in [0.15, 0.2) is 0 Å². The molecule has 2 aromatic carbocycles. The van der Waals surface area contributed by atoms with Crippen molar-refractivity contribution in [2.24, 2.45) is 0 Å². The van der Waals surface area contributed by atoms with Gasteiger partial charge in [0.1, 0.15) is 12.4 Å². The van der Waals surface area contributed by atoms with Crippen LogP contribution in [0.5, 0.6) is 5.75 Å². The number of ether oxygens (including phenoxy) is 1. The average Bonchev–Trinajstić information content (AvgIpc) is 2.89. The van der Waals surface area contributed by atoms with Crippen molar-refractivity contribution in [1.82, 2.24) is 25.5 Å². The average molecular weight is 509 g/mol. The van der Waals surface area contributed by atoms with Gasteiger partial charge in [-0.3, -0.25) is 14.4 Å². The number of carbonyl (C=O) groups is 3. The number of nitrogens with zero attached hydrogens (tertiary/aromatic N) is 3. The minimum Gasteiger partial charge on any atom is -0.491 e. The number of anilines is 2. The Kier molecular flexibility index (Phi) is 8.30. The van der Waals surface area contributed by atoms with Crippen LogP contribution >= 0.6 is 11.6 Å². The van der Waals surface area contributed by atoms with Crippen molar-refractivity contribution < 1.29 is 19.1 Å². The standard InChI is InChI=1S/C25H25ClN6O4/c26-18-7-8-21-20(13-18)23(34)28-9-4-11-32(16-22(33)27-10-12-36-21)24(35)17-14-29-25(30-15-17)31-19-5-2-1-3-6-19/h1-3,5-8,13-15H,4,9-12,16H2,(H,27,33)(H,28,34)(H,29,30,31). The second kappa shape index (κ2) is 12.0. The van der Waals surface area contributed by atoms with E-state index in [2.05, 4.69) is 25.9 Å². The highest BCUT2D eigenvalue weighted by atomic mass is 35.5. The van der Waals surface area contributed by atoms with Crippen LogP contribution in [-0.4, -0.2) is 65.4 Å². The van der Waals surface area contributed by atoms with Crippen molar-refractivity contribution in [3.8, 4) is 5.75 Å². The van der Waals surface area contributed by atoms with Crippen LogP contribution in [0.3, 0.4) is 0 Å². The molecule has 1 aliphatic rings. The molecule has 3 amide bonds. The molecule has 0 unspecified atom stereocenters. The first-order valence-corrected chi connectivity index (χ1v) is 11.8. The van der Waals surface area contributed by atoms with Gasteiger partial charge in [0.2, 0.25) is 11.9 Å². The summed E-state index contributed by atoms with van der Waals surface area (Å²) in [5.74, 6) is -0.318. The summed E-state index contributed by atoms with van der Waals surface area (Å²) in [5, 5.41) is 9.01. The van der Waals surface area contributed by atoms with Crippen LogP contribution in [0, 0.1) is 0 Å². The lowest BCUT2D eigenvalue weighted by Gasteiger charge is -2.23. The first kappa shape index (κ1) is 24.9. The van der Waals surface area contributed by atoms with Crippen LogP contribution in [0.2, 0.25) is 5.02 Å². The zero-order valence-electron chi connectivity index (χ0n) is 19.4. The van der Waals surface area contributed by atoms with Crippen molar-refractivity contribution in [2.45, 2.75) is 6.42 Å². The van der Waals surface area contributed by atoms with Crippen molar-refractivity contribution >= 4 is 41.0 Å². The van der Waals surface area contributed by atoms with E-state index < -0.39 is 0 Å². The molecule has 11 heteroatoms. The van der Waals surface area contributed by atoms with E-state index in [4.69, 9.17) is 16.3 Å². The second-order valence-corrected chi connectivity index (χ2v) is 8.40. The van der Waals surface area contributed by atoms with Gasteiger partial charge in [0.25, 0.3) is 11.8 Å². The molecule has 10 nitrogen and oxygen atoms in total. The summed E-state index contributed by atoms with van der Waals surface area (Å²) in [6.07, 6.45) is 3.26. The molecule has 36 heavy (non-hydrogen) atoms. The molecule has 3 aromatic rings. The van der Waals surface area contributed by atoms with Crippen LogP contribution in [0.25, 0.3) is 0 Å². The van der Waals surface area contributed by atoms with Crippen LogP contribution < -0.4 is 20.7 Å². The summed E-state index contributed by atoms with van der Waals surface area (Å²) in [6.45, 7) is 0.726. The van der Waals surface area contributed by atoms with Crippen LogP contribution in [-0.2, 0) is 4.79 Å². The molecule has 0 saturated carbocycles. The van der Waals surface area contributed by atoms with Gasteiger partial charge in [0.05, 0.1) is 24.2 Å². The van der Waals surface area contributed by atoms with Crippen molar-refractivity contribution in [3.05, 3.63) is 77.1 Å². The maximum Gasteiger partial charge on any atom is 0.257 e. The summed E-state index contributed by atoms with van der Waals surface area (Å²) in [7, 11) is 0. The van der Waals surface area contributed by atoms with Gasteiger partial charge in [-0.05, 0) is 36.8 Å². The second-order valence-electron chi connectivity index (χ2n) is 7.96. The van der Waals surface area contributed by atoms with E-state index in [9.17, 15) is 14.4 Å². The number of nitrogens with one attached hydrogen (secondary N) is 3. The fraction of sp³-hybridized carbons (Fsp3) is 0.240. The van der Waals surface area contributed by atoms with E-state index in [1.807, 2.05) is 30.3 Å². The number of halogens is 1. The molecule has 0 aliphatic carbocycles. The Bertz CT molecular complexity index is 1220. The van der Waals surface area contributed by atoms with E-state index in [1.54, 1.807) is 12.1 Å². The summed E-state index contributed by atoms with van der Waals surface area (Å²) in [5.41, 5.74) is 1.37. The highest BCUT2D eigenvalue weighted by Crippen LogP contribution is 2.23. The third kappa shape index (κ3) is 6.70. The van der Waals surface area contributed by atoms with Gasteiger partial charge >= 0.3 is 0 Å². The van der Waals surface area contributed by atoms with Gasteiger partial charge in [-0.25, -0.2) is 9.97 Å². The number of para-hydroxylation sites is 1. The molecule has 3 N–H and O–H groups in total. The highest BCUT2D eigenvalue weighted by molar-refractivity contribution is 6.31. The van der Waals surface area contributed by atoms with Gasteiger partial charge < -0.3 is 25.6 Å². The first-order valence-electron chi connectivity index (χ1n) is 11.4. The number of rotatable bonds is 3. The largest absolute Gasteiger partial charge is 0.491 e. The molecular weight excluding hydrogens is 484 g/mol. The monoisotopic (exact) mass is 508 g/mol. The van der Waals surface area contributed by atoms with Crippen molar-refractivity contribution in [1.29, 1.82) is 0 Å². The Morgan fingerprint density at radius 2 is 1.81 bits per heavy atom. The maximum absolute atomic E-state index is 13.1. The minimum atomic E-state index is -0.386. The smallest absolute Gasteiger partial charge is 0.257 e. The molecule has 2 heterocycles. The third-order valence-corrected chi connectivity index (χ3v) is 5.54. The molecule has 0 atom stereocenters. The van der Waals surface area contributed by atoms with E-state index in [0.717, 1.165) is 5.69 Å². The predicted octanol–water partition coefficient (Wildman–Crippen LogP) is 2.64. The molecule has 186 valence electrons. The van der Waals surface area contributed by atoms with Crippen molar-refractivity contribution in [2.75, 3.05) is 38.1 Å². The number of amides is 3. The molecule has 0 saturated heterocycles. The summed E-state index contributed by atoms with van der Waals surface area (Å²) >= 11 is 6.05. The molecule has 0 fully saturated rings.